The van der Waals surface area contributed by atoms with E-state index in [2.05, 4.69) is 32.4 Å². The predicted molar refractivity (Wildman–Crippen MR) is 109 cm³/mol. The standard InChI is InChI=1S/C20H28O8S/c1-13(2)17(22)26-10-20(9-25-16(21)7-8-29,11-27-18(23)14(3)4)12-28-19(24)15(5)6/h29H,1,3,5,7-12H2,2,4,6H3. The summed E-state index contributed by atoms with van der Waals surface area (Å²) in [6, 6.07) is 0. The summed E-state index contributed by atoms with van der Waals surface area (Å²) in [7, 11) is 0. The topological polar surface area (TPSA) is 105 Å². The first kappa shape index (κ1) is 26.4. The van der Waals surface area contributed by atoms with E-state index in [-0.39, 0.29) is 55.3 Å². The fourth-order valence-electron chi connectivity index (χ4n) is 1.67. The van der Waals surface area contributed by atoms with Gasteiger partial charge in [0.2, 0.25) is 0 Å². The van der Waals surface area contributed by atoms with E-state index in [1.165, 1.54) is 20.8 Å². The number of carbonyl (C=O) groups excluding carboxylic acids is 4. The van der Waals surface area contributed by atoms with Crippen LogP contribution in [0.15, 0.2) is 36.5 Å². The highest BCUT2D eigenvalue weighted by Crippen LogP contribution is 2.23. The Hall–Kier alpha value is -2.55. The Morgan fingerprint density at radius 2 is 1.00 bits per heavy atom. The number of hydrogen-bond donors (Lipinski definition) is 1. The monoisotopic (exact) mass is 428 g/mol. The molecular weight excluding hydrogens is 400 g/mol. The van der Waals surface area contributed by atoms with Gasteiger partial charge in [0.25, 0.3) is 0 Å². The van der Waals surface area contributed by atoms with Crippen LogP contribution in [0, 0.1) is 5.41 Å². The van der Waals surface area contributed by atoms with Crippen molar-refractivity contribution >= 4 is 36.5 Å². The molecule has 0 saturated heterocycles. The minimum Gasteiger partial charge on any atom is -0.465 e. The van der Waals surface area contributed by atoms with Crippen LogP contribution < -0.4 is 0 Å². The first-order chi connectivity index (χ1) is 13.4. The molecule has 162 valence electrons. The van der Waals surface area contributed by atoms with Gasteiger partial charge in [-0.25, -0.2) is 14.4 Å². The molecule has 0 saturated carbocycles. The highest BCUT2D eigenvalue weighted by molar-refractivity contribution is 7.80. The number of esters is 4. The zero-order valence-corrected chi connectivity index (χ0v) is 18.0. The highest BCUT2D eigenvalue weighted by Gasteiger charge is 2.38. The summed E-state index contributed by atoms with van der Waals surface area (Å²) < 4.78 is 20.7. The minimum absolute atomic E-state index is 0.0435. The molecule has 0 amide bonds. The lowest BCUT2D eigenvalue weighted by atomic mass is 9.92. The molecule has 0 unspecified atom stereocenters. The van der Waals surface area contributed by atoms with E-state index in [4.69, 9.17) is 18.9 Å². The fraction of sp³-hybridized carbons (Fsp3) is 0.500. The summed E-state index contributed by atoms with van der Waals surface area (Å²) in [5.74, 6) is -2.39. The third-order valence-corrected chi connectivity index (χ3v) is 3.65. The molecule has 0 aliphatic carbocycles. The van der Waals surface area contributed by atoms with E-state index >= 15 is 0 Å². The van der Waals surface area contributed by atoms with Gasteiger partial charge in [0.15, 0.2) is 0 Å². The van der Waals surface area contributed by atoms with Crippen LogP contribution in [0.1, 0.15) is 27.2 Å². The van der Waals surface area contributed by atoms with Gasteiger partial charge in [-0.3, -0.25) is 4.79 Å². The molecule has 0 heterocycles. The van der Waals surface area contributed by atoms with Crippen LogP contribution in [0.2, 0.25) is 0 Å². The largest absolute Gasteiger partial charge is 0.465 e. The maximum absolute atomic E-state index is 11.8. The second kappa shape index (κ2) is 12.8. The highest BCUT2D eigenvalue weighted by atomic mass is 32.1. The Morgan fingerprint density at radius 3 is 1.28 bits per heavy atom. The van der Waals surface area contributed by atoms with Crippen molar-refractivity contribution in [2.75, 3.05) is 32.2 Å². The van der Waals surface area contributed by atoms with Crippen molar-refractivity contribution in [3.8, 4) is 0 Å². The van der Waals surface area contributed by atoms with Gasteiger partial charge >= 0.3 is 23.9 Å². The van der Waals surface area contributed by atoms with Gasteiger partial charge in [-0.1, -0.05) is 19.7 Å². The minimum atomic E-state index is -1.34. The van der Waals surface area contributed by atoms with E-state index in [1.807, 2.05) is 0 Å². The lowest BCUT2D eigenvalue weighted by molar-refractivity contribution is -0.166. The zero-order valence-electron chi connectivity index (χ0n) is 17.1. The van der Waals surface area contributed by atoms with Gasteiger partial charge < -0.3 is 18.9 Å². The molecule has 9 heteroatoms. The maximum Gasteiger partial charge on any atom is 0.333 e. The van der Waals surface area contributed by atoms with Gasteiger partial charge in [-0.2, -0.15) is 12.6 Å². The van der Waals surface area contributed by atoms with Gasteiger partial charge in [-0.15, -0.1) is 0 Å². The number of hydrogen-bond acceptors (Lipinski definition) is 9. The maximum atomic E-state index is 11.8. The summed E-state index contributed by atoms with van der Waals surface area (Å²) in [5, 5.41) is 0. The molecule has 0 aliphatic heterocycles. The Balaban J connectivity index is 5.60. The van der Waals surface area contributed by atoms with Crippen LogP contribution >= 0.6 is 12.6 Å². The summed E-state index contributed by atoms with van der Waals surface area (Å²) in [5.41, 5.74) is -0.912. The van der Waals surface area contributed by atoms with Crippen LogP contribution in [0.25, 0.3) is 0 Å². The summed E-state index contributed by atoms with van der Waals surface area (Å²) in [4.78, 5) is 47.3. The molecule has 0 N–H and O–H groups in total. The molecular formula is C20H28O8S. The second-order valence-corrected chi connectivity index (χ2v) is 7.15. The summed E-state index contributed by atoms with van der Waals surface area (Å²) in [6.45, 7) is 13.4. The smallest absolute Gasteiger partial charge is 0.333 e. The van der Waals surface area contributed by atoms with E-state index in [0.717, 1.165) is 0 Å². The number of carbonyl (C=O) groups is 4. The zero-order chi connectivity index (χ0) is 22.6. The molecule has 0 fully saturated rings. The molecule has 0 rings (SSSR count). The van der Waals surface area contributed by atoms with Crippen molar-refractivity contribution in [1.82, 2.24) is 0 Å². The fourth-order valence-corrected chi connectivity index (χ4v) is 1.86. The van der Waals surface area contributed by atoms with Gasteiger partial charge in [-0.05, 0) is 20.8 Å². The van der Waals surface area contributed by atoms with Crippen molar-refractivity contribution in [2.45, 2.75) is 27.2 Å². The average Bonchev–Trinajstić information content (AvgIpc) is 2.65. The van der Waals surface area contributed by atoms with Crippen LogP contribution in [0.4, 0.5) is 0 Å². The van der Waals surface area contributed by atoms with Crippen LogP contribution in [0.3, 0.4) is 0 Å². The van der Waals surface area contributed by atoms with Gasteiger partial charge in [0.05, 0.1) is 6.42 Å². The van der Waals surface area contributed by atoms with Crippen LogP contribution in [-0.2, 0) is 38.1 Å². The van der Waals surface area contributed by atoms with E-state index in [1.54, 1.807) is 0 Å². The molecule has 8 nitrogen and oxygen atoms in total. The van der Waals surface area contributed by atoms with Crippen molar-refractivity contribution in [1.29, 1.82) is 0 Å². The van der Waals surface area contributed by atoms with Crippen molar-refractivity contribution in [3.05, 3.63) is 36.5 Å². The van der Waals surface area contributed by atoms with E-state index in [0.29, 0.717) is 0 Å². The third kappa shape index (κ3) is 10.5. The molecule has 0 aromatic carbocycles. The lowest BCUT2D eigenvalue weighted by Gasteiger charge is -2.31. The lowest BCUT2D eigenvalue weighted by Crippen LogP contribution is -2.44. The second-order valence-electron chi connectivity index (χ2n) is 6.70. The third-order valence-electron chi connectivity index (χ3n) is 3.43. The van der Waals surface area contributed by atoms with Crippen LogP contribution in [0.5, 0.6) is 0 Å². The molecule has 0 aromatic heterocycles. The molecule has 0 bridgehead atoms. The molecule has 0 radical (unpaired) electrons. The van der Waals surface area contributed by atoms with Crippen molar-refractivity contribution in [3.63, 3.8) is 0 Å². The van der Waals surface area contributed by atoms with Gasteiger partial charge in [0, 0.05) is 22.5 Å². The SMILES string of the molecule is C=C(C)C(=O)OCC(COC(=O)CCS)(COC(=O)C(=C)C)COC(=O)C(=C)C. The molecule has 0 aromatic rings. The average molecular weight is 429 g/mol. The Bertz CT molecular complexity index is 606. The molecule has 29 heavy (non-hydrogen) atoms. The Kier molecular flexibility index (Phi) is 11.7. The molecule has 0 spiro atoms. The normalized spacial score (nSPS) is 10.5. The number of ether oxygens (including phenoxy) is 4. The van der Waals surface area contributed by atoms with Crippen molar-refractivity contribution < 1.29 is 38.1 Å². The molecule has 0 atom stereocenters. The Labute approximate surface area is 176 Å². The summed E-state index contributed by atoms with van der Waals surface area (Å²) in [6.07, 6.45) is 0.0435. The van der Waals surface area contributed by atoms with Gasteiger partial charge in [0.1, 0.15) is 31.8 Å². The number of rotatable bonds is 13. The van der Waals surface area contributed by atoms with Crippen LogP contribution in [-0.4, -0.2) is 56.1 Å². The Morgan fingerprint density at radius 1 is 0.690 bits per heavy atom. The molecule has 0 aliphatic rings. The predicted octanol–water partition coefficient (Wildman–Crippen LogP) is 2.19. The van der Waals surface area contributed by atoms with Crippen molar-refractivity contribution in [2.24, 2.45) is 5.41 Å². The quantitative estimate of drug-likeness (QED) is 0.206. The van der Waals surface area contributed by atoms with E-state index < -0.39 is 29.3 Å². The first-order valence-corrected chi connectivity index (χ1v) is 9.31. The number of thiol groups is 1. The van der Waals surface area contributed by atoms with E-state index in [9.17, 15) is 19.2 Å². The first-order valence-electron chi connectivity index (χ1n) is 8.68. The summed E-state index contributed by atoms with van der Waals surface area (Å²) >= 11 is 3.96.